The zero-order valence-corrected chi connectivity index (χ0v) is 30.8. The van der Waals surface area contributed by atoms with E-state index in [2.05, 4.69) is 30.7 Å². The van der Waals surface area contributed by atoms with Crippen molar-refractivity contribution in [3.63, 3.8) is 0 Å². The van der Waals surface area contributed by atoms with Gasteiger partial charge >= 0.3 is 6.18 Å². The third-order valence-electron chi connectivity index (χ3n) is 9.54. The number of piperazine rings is 1. The molecular weight excluding hydrogens is 740 g/mol. The Bertz CT molecular complexity index is 2030. The molecule has 3 saturated heterocycles. The SMILES string of the molecule is CC1(C)C(=O)N(c2cnc(C#N)c(C(F)(F)F)c2)C(=S)N1c1ccc(OCCN2CCN(CC(=O)Nc3cccc(NC4CCC(=O)NC4=O)c3)CC2)cc1. The average Bonchev–Trinajstić information content (AvgIpc) is 3.32. The molecular formula is C37H38F3N9O5S. The first-order valence-corrected chi connectivity index (χ1v) is 17.9. The summed E-state index contributed by atoms with van der Waals surface area (Å²) >= 11 is 5.59. The number of anilines is 4. The van der Waals surface area contributed by atoms with Crippen molar-refractivity contribution in [2.45, 2.75) is 44.4 Å². The molecule has 3 fully saturated rings. The maximum Gasteiger partial charge on any atom is 0.419 e. The number of halogens is 3. The highest BCUT2D eigenvalue weighted by Crippen LogP contribution is 2.39. The molecule has 18 heteroatoms. The summed E-state index contributed by atoms with van der Waals surface area (Å²) in [6, 6.07) is 15.6. The standard InChI is InChI=1S/C37H38F3N9O5S/c1-36(2)34(53)48(26-19-28(37(38,39)40)30(20-41)42-21-26)35(55)49(36)25-6-8-27(9-7-25)54-17-16-46-12-14-47(15-13-46)22-32(51)44-24-5-3-4-23(18-24)43-29-10-11-31(50)45-33(29)52/h3-9,18-19,21,29,43H,10-17,22H2,1-2H3,(H,44,51)(H,45,50,52). The van der Waals surface area contributed by atoms with Gasteiger partial charge in [-0.05, 0) is 81.0 Å². The van der Waals surface area contributed by atoms with Crippen LogP contribution in [0.1, 0.15) is 37.9 Å². The maximum atomic E-state index is 13.6. The van der Waals surface area contributed by atoms with Crippen molar-refractivity contribution in [1.29, 1.82) is 5.26 Å². The van der Waals surface area contributed by atoms with Gasteiger partial charge in [0.2, 0.25) is 17.7 Å². The number of rotatable bonds is 11. The molecule has 288 valence electrons. The number of amides is 4. The highest BCUT2D eigenvalue weighted by atomic mass is 32.1. The number of imide groups is 1. The van der Waals surface area contributed by atoms with Crippen molar-refractivity contribution in [2.75, 3.05) is 66.3 Å². The summed E-state index contributed by atoms with van der Waals surface area (Å²) in [6.45, 7) is 7.37. The lowest BCUT2D eigenvalue weighted by Gasteiger charge is -2.34. The summed E-state index contributed by atoms with van der Waals surface area (Å²) < 4.78 is 46.9. The fourth-order valence-electron chi connectivity index (χ4n) is 6.62. The minimum atomic E-state index is -4.85. The Balaban J connectivity index is 0.954. The van der Waals surface area contributed by atoms with E-state index in [9.17, 15) is 32.3 Å². The van der Waals surface area contributed by atoms with E-state index in [1.165, 1.54) is 6.07 Å². The molecule has 2 aromatic carbocycles. The minimum Gasteiger partial charge on any atom is -0.492 e. The molecule has 1 unspecified atom stereocenters. The maximum absolute atomic E-state index is 13.6. The Labute approximate surface area is 320 Å². The first-order valence-electron chi connectivity index (χ1n) is 17.5. The van der Waals surface area contributed by atoms with Crippen LogP contribution in [0.5, 0.6) is 5.75 Å². The monoisotopic (exact) mass is 777 g/mol. The molecule has 4 amide bonds. The molecule has 0 aliphatic carbocycles. The van der Waals surface area contributed by atoms with E-state index in [0.717, 1.165) is 24.2 Å². The number of carbonyl (C=O) groups excluding carboxylic acids is 4. The van der Waals surface area contributed by atoms with Gasteiger partial charge in [0.05, 0.1) is 24.0 Å². The first-order chi connectivity index (χ1) is 26.1. The highest BCUT2D eigenvalue weighted by molar-refractivity contribution is 7.81. The summed E-state index contributed by atoms with van der Waals surface area (Å²) in [6.07, 6.45) is -3.16. The van der Waals surface area contributed by atoms with Gasteiger partial charge < -0.3 is 20.3 Å². The summed E-state index contributed by atoms with van der Waals surface area (Å²) in [5, 5.41) is 17.4. The number of hydrogen-bond acceptors (Lipinski definition) is 11. The first kappa shape index (κ1) is 39.1. The molecule has 3 aliphatic heterocycles. The number of benzene rings is 2. The Morgan fingerprint density at radius 3 is 2.40 bits per heavy atom. The molecule has 3 aliphatic rings. The summed E-state index contributed by atoms with van der Waals surface area (Å²) in [7, 11) is 0. The Hall–Kier alpha value is -5.64. The van der Waals surface area contributed by atoms with Crippen LogP contribution >= 0.6 is 12.2 Å². The lowest BCUT2D eigenvalue weighted by molar-refractivity contribution is -0.138. The van der Waals surface area contributed by atoms with Gasteiger partial charge in [0, 0.05) is 56.2 Å². The zero-order valence-electron chi connectivity index (χ0n) is 30.0. The van der Waals surface area contributed by atoms with Gasteiger partial charge in [-0.3, -0.25) is 39.2 Å². The molecule has 6 rings (SSSR count). The lowest BCUT2D eigenvalue weighted by atomic mass is 10.0. The predicted octanol–water partition coefficient (Wildman–Crippen LogP) is 3.74. The molecule has 3 aromatic rings. The number of nitrogens with one attached hydrogen (secondary N) is 3. The molecule has 0 bridgehead atoms. The van der Waals surface area contributed by atoms with Crippen molar-refractivity contribution in [3.8, 4) is 11.8 Å². The number of hydrogen-bond donors (Lipinski definition) is 3. The van der Waals surface area contributed by atoms with E-state index in [1.807, 2.05) is 0 Å². The van der Waals surface area contributed by atoms with Crippen LogP contribution in [0, 0.1) is 11.3 Å². The van der Waals surface area contributed by atoms with Crippen LogP contribution in [0.3, 0.4) is 0 Å². The van der Waals surface area contributed by atoms with Crippen LogP contribution < -0.4 is 30.5 Å². The second kappa shape index (κ2) is 16.0. The van der Waals surface area contributed by atoms with Crippen LogP contribution in [0.4, 0.5) is 35.9 Å². The lowest BCUT2D eigenvalue weighted by Crippen LogP contribution is -2.49. The number of thiocarbonyl (C=S) groups is 1. The molecule has 0 radical (unpaired) electrons. The molecule has 1 atom stereocenters. The van der Waals surface area contributed by atoms with Gasteiger partial charge in [-0.1, -0.05) is 6.07 Å². The fraction of sp³-hybridized carbons (Fsp3) is 0.378. The smallest absolute Gasteiger partial charge is 0.419 e. The van der Waals surface area contributed by atoms with Gasteiger partial charge in [-0.2, -0.15) is 18.4 Å². The van der Waals surface area contributed by atoms with Crippen molar-refractivity contribution in [2.24, 2.45) is 0 Å². The zero-order chi connectivity index (χ0) is 39.5. The average molecular weight is 778 g/mol. The number of aromatic nitrogens is 1. The number of alkyl halides is 3. The Morgan fingerprint density at radius 2 is 1.73 bits per heavy atom. The summed E-state index contributed by atoms with van der Waals surface area (Å²) in [5.74, 6) is -0.787. The van der Waals surface area contributed by atoms with E-state index in [-0.39, 0.29) is 41.5 Å². The second-order valence-corrected chi connectivity index (χ2v) is 14.1. The molecule has 14 nitrogen and oxygen atoms in total. The van der Waals surface area contributed by atoms with E-state index < -0.39 is 34.9 Å². The van der Waals surface area contributed by atoms with Gasteiger partial charge in [0.1, 0.15) is 30.0 Å². The molecule has 4 heterocycles. The van der Waals surface area contributed by atoms with Crippen LogP contribution in [0.15, 0.2) is 60.8 Å². The molecule has 3 N–H and O–H groups in total. The van der Waals surface area contributed by atoms with E-state index >= 15 is 0 Å². The third-order valence-corrected chi connectivity index (χ3v) is 9.91. The van der Waals surface area contributed by atoms with E-state index in [1.54, 1.807) is 67.3 Å². The molecule has 0 spiro atoms. The third kappa shape index (κ3) is 8.85. The molecule has 55 heavy (non-hydrogen) atoms. The Morgan fingerprint density at radius 1 is 1.04 bits per heavy atom. The predicted molar refractivity (Wildman–Crippen MR) is 200 cm³/mol. The van der Waals surface area contributed by atoms with Gasteiger partial charge in [0.15, 0.2) is 10.8 Å². The van der Waals surface area contributed by atoms with Gasteiger partial charge in [0.25, 0.3) is 5.91 Å². The Kier molecular flexibility index (Phi) is 11.4. The van der Waals surface area contributed by atoms with Crippen LogP contribution in [0.2, 0.25) is 0 Å². The number of pyridine rings is 1. The summed E-state index contributed by atoms with van der Waals surface area (Å²) in [4.78, 5) is 60.3. The number of carbonyl (C=O) groups is 4. The molecule has 1 aromatic heterocycles. The van der Waals surface area contributed by atoms with E-state index in [0.29, 0.717) is 61.5 Å². The van der Waals surface area contributed by atoms with Crippen LogP contribution in [-0.4, -0.2) is 101 Å². The minimum absolute atomic E-state index is 0.0338. The van der Waals surface area contributed by atoms with E-state index in [4.69, 9.17) is 22.2 Å². The molecule has 0 saturated carbocycles. The normalized spacial score (nSPS) is 19.2. The van der Waals surface area contributed by atoms with Gasteiger partial charge in [-0.25, -0.2) is 4.98 Å². The quantitative estimate of drug-likeness (QED) is 0.191. The second-order valence-electron chi connectivity index (χ2n) is 13.8. The van der Waals surface area contributed by atoms with Crippen molar-refractivity contribution < 1.29 is 37.1 Å². The van der Waals surface area contributed by atoms with Crippen molar-refractivity contribution >= 4 is 63.7 Å². The summed E-state index contributed by atoms with van der Waals surface area (Å²) in [5.41, 5.74) is -1.69. The number of ether oxygens (including phenoxy) is 1. The topological polar surface area (TPSA) is 163 Å². The van der Waals surface area contributed by atoms with Crippen LogP contribution in [0.25, 0.3) is 0 Å². The number of nitrogens with zero attached hydrogens (tertiary/aromatic N) is 6. The highest BCUT2D eigenvalue weighted by Gasteiger charge is 2.51. The van der Waals surface area contributed by atoms with Crippen molar-refractivity contribution in [1.82, 2.24) is 20.1 Å². The fourth-order valence-corrected chi connectivity index (χ4v) is 7.14. The largest absolute Gasteiger partial charge is 0.492 e. The number of nitriles is 1. The number of piperidine rings is 1. The van der Waals surface area contributed by atoms with Crippen molar-refractivity contribution in [3.05, 3.63) is 72.1 Å². The van der Waals surface area contributed by atoms with Gasteiger partial charge in [-0.15, -0.1) is 0 Å². The van der Waals surface area contributed by atoms with Crippen LogP contribution in [-0.2, 0) is 25.4 Å².